The maximum Gasteiger partial charge on any atom is 0.312 e. The lowest BCUT2D eigenvalue weighted by atomic mass is 9.83. The van der Waals surface area contributed by atoms with Crippen molar-refractivity contribution >= 4 is 44.7 Å². The Bertz CT molecular complexity index is 1320. The minimum Gasteiger partial charge on any atom is -0.457 e. The number of hydrogen-bond acceptors (Lipinski definition) is 8. The Morgan fingerprint density at radius 3 is 2.31 bits per heavy atom. The van der Waals surface area contributed by atoms with E-state index in [2.05, 4.69) is 0 Å². The van der Waals surface area contributed by atoms with Gasteiger partial charge in [0.15, 0.2) is 6.61 Å². The molecule has 1 aliphatic heterocycles. The van der Waals surface area contributed by atoms with Gasteiger partial charge in [0.05, 0.1) is 32.0 Å². The number of esters is 1. The van der Waals surface area contributed by atoms with E-state index in [0.717, 1.165) is 39.4 Å². The van der Waals surface area contributed by atoms with Crippen LogP contribution in [0.15, 0.2) is 59.9 Å². The van der Waals surface area contributed by atoms with E-state index in [1.807, 2.05) is 78.5 Å². The largest absolute Gasteiger partial charge is 0.457 e. The summed E-state index contributed by atoms with van der Waals surface area (Å²) in [4.78, 5) is 34.7. The van der Waals surface area contributed by atoms with Gasteiger partial charge in [0, 0.05) is 20.5 Å². The summed E-state index contributed by atoms with van der Waals surface area (Å²) >= 11 is 1.60. The Kier molecular flexibility index (Phi) is 6.03. The van der Waals surface area contributed by atoms with Gasteiger partial charge in [0.2, 0.25) is 5.78 Å². The molecule has 0 amide bonds. The molecule has 0 atom stereocenters. The molecule has 0 saturated heterocycles. The van der Waals surface area contributed by atoms with Crippen LogP contribution in [0.4, 0.5) is 11.4 Å². The standard InChI is InChI=1S/C27H26N4O3S/c1-30-20-10-4-5-11-21(20)31(2)25(30)18(16-28)22(32)17-34-26(33)27(13-7-8-14-27)15-24-29-19-9-3-6-12-23(19)35-24/h3-6,9-12H,7-8,13-15,17H2,1-2H3. The van der Waals surface area contributed by atoms with Gasteiger partial charge in [-0.05, 0) is 37.1 Å². The fourth-order valence-corrected chi connectivity index (χ4v) is 6.31. The van der Waals surface area contributed by atoms with Gasteiger partial charge in [-0.25, -0.2) is 4.98 Å². The first-order valence-electron chi connectivity index (χ1n) is 11.7. The number of carbonyl (C=O) groups is 2. The highest BCUT2D eigenvalue weighted by molar-refractivity contribution is 7.18. The number of hydrogen-bond donors (Lipinski definition) is 0. The van der Waals surface area contributed by atoms with Crippen LogP contribution in [0, 0.1) is 16.7 Å². The first-order valence-corrected chi connectivity index (χ1v) is 12.5. The molecular weight excluding hydrogens is 460 g/mol. The Morgan fingerprint density at radius 1 is 1.06 bits per heavy atom. The fourth-order valence-electron chi connectivity index (χ4n) is 5.20. The third-order valence-electron chi connectivity index (χ3n) is 7.01. The summed E-state index contributed by atoms with van der Waals surface area (Å²) in [5.41, 5.74) is 2.04. The highest BCUT2D eigenvalue weighted by Gasteiger charge is 2.44. The van der Waals surface area contributed by atoms with Gasteiger partial charge < -0.3 is 14.5 Å². The lowest BCUT2D eigenvalue weighted by molar-refractivity contribution is -0.157. The van der Waals surface area contributed by atoms with Crippen molar-refractivity contribution in [2.45, 2.75) is 32.1 Å². The lowest BCUT2D eigenvalue weighted by Gasteiger charge is -2.25. The van der Waals surface area contributed by atoms with E-state index in [1.165, 1.54) is 0 Å². The van der Waals surface area contributed by atoms with Gasteiger partial charge in [-0.15, -0.1) is 11.3 Å². The van der Waals surface area contributed by atoms with E-state index in [1.54, 1.807) is 11.3 Å². The van der Waals surface area contributed by atoms with Gasteiger partial charge in [0.25, 0.3) is 0 Å². The van der Waals surface area contributed by atoms with Crippen molar-refractivity contribution in [1.82, 2.24) is 4.98 Å². The second-order valence-electron chi connectivity index (χ2n) is 9.16. The minimum atomic E-state index is -0.675. The van der Waals surface area contributed by atoms with Crippen LogP contribution in [-0.4, -0.2) is 37.4 Å². The second kappa shape index (κ2) is 9.16. The van der Waals surface area contributed by atoms with Gasteiger partial charge in [-0.2, -0.15) is 5.26 Å². The predicted molar refractivity (Wildman–Crippen MR) is 136 cm³/mol. The summed E-state index contributed by atoms with van der Waals surface area (Å²) in [6, 6.07) is 17.7. The molecule has 8 heteroatoms. The van der Waals surface area contributed by atoms with Gasteiger partial charge in [-0.3, -0.25) is 9.59 Å². The highest BCUT2D eigenvalue weighted by atomic mass is 32.1. The van der Waals surface area contributed by atoms with Crippen LogP contribution in [0.1, 0.15) is 30.7 Å². The first kappa shape index (κ1) is 23.1. The number of nitriles is 1. The van der Waals surface area contributed by atoms with Crippen LogP contribution < -0.4 is 9.80 Å². The molecular formula is C27H26N4O3S. The van der Waals surface area contributed by atoms with Crippen molar-refractivity contribution in [2.75, 3.05) is 30.5 Å². The summed E-state index contributed by atoms with van der Waals surface area (Å²) in [5, 5.41) is 10.7. The monoisotopic (exact) mass is 486 g/mol. The van der Waals surface area contributed by atoms with Crippen molar-refractivity contribution in [3.8, 4) is 6.07 Å². The number of aromatic nitrogens is 1. The molecule has 1 aliphatic carbocycles. The fraction of sp³-hybridized carbons (Fsp3) is 0.333. The molecule has 2 aliphatic rings. The summed E-state index contributed by atoms with van der Waals surface area (Å²) in [6.07, 6.45) is 3.81. The lowest BCUT2D eigenvalue weighted by Crippen LogP contribution is -2.34. The zero-order chi connectivity index (χ0) is 24.6. The van der Waals surface area contributed by atoms with E-state index in [-0.39, 0.29) is 11.5 Å². The number of para-hydroxylation sites is 3. The third-order valence-corrected chi connectivity index (χ3v) is 8.05. The van der Waals surface area contributed by atoms with Crippen molar-refractivity contribution in [1.29, 1.82) is 5.26 Å². The van der Waals surface area contributed by atoms with Gasteiger partial charge >= 0.3 is 5.97 Å². The Hall–Kier alpha value is -3.70. The molecule has 2 aromatic carbocycles. The number of fused-ring (bicyclic) bond motifs is 2. The molecule has 2 heterocycles. The number of ketones is 1. The van der Waals surface area contributed by atoms with Crippen LogP contribution in [-0.2, 0) is 20.7 Å². The minimum absolute atomic E-state index is 0.0226. The zero-order valence-corrected chi connectivity index (χ0v) is 20.6. The Morgan fingerprint density at radius 2 is 1.69 bits per heavy atom. The number of benzene rings is 2. The molecule has 0 bridgehead atoms. The average Bonchev–Trinajstić information content (AvgIpc) is 3.57. The second-order valence-corrected chi connectivity index (χ2v) is 10.3. The van der Waals surface area contributed by atoms with Crippen LogP contribution >= 0.6 is 11.3 Å². The summed E-state index contributed by atoms with van der Waals surface area (Å²) in [7, 11) is 3.64. The average molecular weight is 487 g/mol. The molecule has 3 aromatic rings. The van der Waals surface area contributed by atoms with Crippen molar-refractivity contribution in [3.05, 3.63) is 64.9 Å². The number of rotatable bonds is 6. The van der Waals surface area contributed by atoms with Crippen LogP contribution in [0.25, 0.3) is 10.2 Å². The number of Topliss-reactive ketones (excluding diaryl/α,β-unsaturated/α-hetero) is 1. The molecule has 0 N–H and O–H groups in total. The number of carbonyl (C=O) groups excluding carboxylic acids is 2. The van der Waals surface area contributed by atoms with Crippen LogP contribution in [0.3, 0.4) is 0 Å². The van der Waals surface area contributed by atoms with Crippen molar-refractivity contribution in [3.63, 3.8) is 0 Å². The number of nitrogens with zero attached hydrogens (tertiary/aromatic N) is 4. The molecule has 1 saturated carbocycles. The molecule has 0 unspecified atom stereocenters. The van der Waals surface area contributed by atoms with Gasteiger partial charge in [-0.1, -0.05) is 37.1 Å². The van der Waals surface area contributed by atoms with E-state index in [0.29, 0.717) is 25.1 Å². The molecule has 35 heavy (non-hydrogen) atoms. The smallest absolute Gasteiger partial charge is 0.312 e. The van der Waals surface area contributed by atoms with Gasteiger partial charge in [0.1, 0.15) is 17.5 Å². The van der Waals surface area contributed by atoms with Crippen LogP contribution in [0.5, 0.6) is 0 Å². The van der Waals surface area contributed by atoms with E-state index >= 15 is 0 Å². The Labute approximate surface area is 208 Å². The predicted octanol–water partition coefficient (Wildman–Crippen LogP) is 4.83. The number of anilines is 2. The summed E-state index contributed by atoms with van der Waals surface area (Å²) in [5.74, 6) is -0.392. The summed E-state index contributed by atoms with van der Waals surface area (Å²) in [6.45, 7) is -0.454. The normalized spacial score (nSPS) is 16.3. The molecule has 178 valence electrons. The van der Waals surface area contributed by atoms with E-state index in [4.69, 9.17) is 9.72 Å². The maximum atomic E-state index is 13.3. The van der Waals surface area contributed by atoms with Crippen LogP contribution in [0.2, 0.25) is 0 Å². The number of ether oxygens (including phenoxy) is 1. The molecule has 5 rings (SSSR count). The molecule has 1 fully saturated rings. The molecule has 7 nitrogen and oxygen atoms in total. The molecule has 1 aromatic heterocycles. The molecule has 0 radical (unpaired) electrons. The van der Waals surface area contributed by atoms with Crippen molar-refractivity contribution < 1.29 is 14.3 Å². The SMILES string of the molecule is CN1C(=C(C#N)C(=O)COC(=O)C2(Cc3nc4ccccc4s3)CCCC2)N(C)c2ccccc21. The maximum absolute atomic E-state index is 13.3. The summed E-state index contributed by atoms with van der Waals surface area (Å²) < 4.78 is 6.69. The quantitative estimate of drug-likeness (QED) is 0.280. The van der Waals surface area contributed by atoms with Crippen molar-refractivity contribution in [2.24, 2.45) is 5.41 Å². The topological polar surface area (TPSA) is 86.5 Å². The van der Waals surface area contributed by atoms with E-state index in [9.17, 15) is 14.9 Å². The first-order chi connectivity index (χ1) is 16.9. The number of thiazole rings is 1. The Balaban J connectivity index is 1.33. The van der Waals surface area contributed by atoms with E-state index < -0.39 is 17.8 Å². The molecule has 0 spiro atoms. The highest BCUT2D eigenvalue weighted by Crippen LogP contribution is 2.44. The zero-order valence-electron chi connectivity index (χ0n) is 19.8. The third kappa shape index (κ3) is 4.06.